The topological polar surface area (TPSA) is 207 Å². The van der Waals surface area contributed by atoms with Gasteiger partial charge in [0.1, 0.15) is 48.7 Å². The Morgan fingerprint density at radius 1 is 0.828 bits per heavy atom. The zero-order valence-corrected chi connectivity index (χ0v) is 15.9. The molecule has 0 aromatic rings. The Morgan fingerprint density at radius 3 is 1.90 bits per heavy atom. The van der Waals surface area contributed by atoms with E-state index in [0.29, 0.717) is 0 Å². The lowest BCUT2D eigenvalue weighted by molar-refractivity contribution is -0.327. The molecule has 2 saturated heterocycles. The fourth-order valence-corrected chi connectivity index (χ4v) is 3.38. The van der Waals surface area contributed by atoms with Crippen molar-refractivity contribution in [1.29, 1.82) is 0 Å². The average Bonchev–Trinajstić information content (AvgIpc) is 2.65. The minimum atomic E-state index is -1.64. The van der Waals surface area contributed by atoms with Crippen LogP contribution < -0.4 is 10.6 Å². The number of carbonyl (C=O) groups is 2. The monoisotopic (exact) mass is 424 g/mol. The molecule has 0 aromatic carbocycles. The van der Waals surface area contributed by atoms with Gasteiger partial charge in [0.15, 0.2) is 12.6 Å². The van der Waals surface area contributed by atoms with Crippen LogP contribution in [0.3, 0.4) is 0 Å². The average molecular weight is 424 g/mol. The lowest BCUT2D eigenvalue weighted by Crippen LogP contribution is -2.69. The Bertz CT molecular complexity index is 579. The zero-order valence-electron chi connectivity index (χ0n) is 15.9. The molecule has 13 nitrogen and oxygen atoms in total. The van der Waals surface area contributed by atoms with E-state index in [1.54, 1.807) is 0 Å². The molecule has 2 fully saturated rings. The minimum absolute atomic E-state index is 0.568. The second-order valence-electron chi connectivity index (χ2n) is 7.00. The molecule has 29 heavy (non-hydrogen) atoms. The fourth-order valence-electron chi connectivity index (χ4n) is 3.38. The molecule has 0 aliphatic carbocycles. The van der Waals surface area contributed by atoms with Crippen molar-refractivity contribution in [2.75, 3.05) is 13.2 Å². The third-order valence-corrected chi connectivity index (χ3v) is 4.78. The summed E-state index contributed by atoms with van der Waals surface area (Å²) in [4.78, 5) is 22.8. The van der Waals surface area contributed by atoms with Crippen LogP contribution in [0.2, 0.25) is 0 Å². The Hall–Kier alpha value is -1.42. The molecule has 2 aliphatic heterocycles. The highest BCUT2D eigenvalue weighted by molar-refractivity contribution is 5.73. The number of ether oxygens (including phenoxy) is 3. The van der Waals surface area contributed by atoms with Gasteiger partial charge in [-0.3, -0.25) is 9.59 Å². The molecule has 0 radical (unpaired) electrons. The highest BCUT2D eigenvalue weighted by atomic mass is 16.7. The number of hydrogen-bond donors (Lipinski definition) is 8. The summed E-state index contributed by atoms with van der Waals surface area (Å²) in [5.41, 5.74) is 0. The summed E-state index contributed by atoms with van der Waals surface area (Å²) in [6.07, 6.45) is -11.7. The second kappa shape index (κ2) is 10.1. The third-order valence-electron chi connectivity index (χ3n) is 4.78. The first kappa shape index (κ1) is 23.9. The second-order valence-corrected chi connectivity index (χ2v) is 7.00. The van der Waals surface area contributed by atoms with E-state index in [2.05, 4.69) is 10.6 Å². The van der Waals surface area contributed by atoms with Gasteiger partial charge < -0.3 is 55.5 Å². The highest BCUT2D eigenvalue weighted by Crippen LogP contribution is 2.28. The molecule has 8 N–H and O–H groups in total. The molecule has 2 heterocycles. The van der Waals surface area contributed by atoms with Gasteiger partial charge in [0.2, 0.25) is 11.8 Å². The Morgan fingerprint density at radius 2 is 1.38 bits per heavy atom. The molecular weight excluding hydrogens is 396 g/mol. The number of aliphatic hydroxyl groups is 6. The van der Waals surface area contributed by atoms with Gasteiger partial charge in [-0.25, -0.2) is 0 Å². The maximum absolute atomic E-state index is 11.5. The molecule has 10 atom stereocenters. The van der Waals surface area contributed by atoms with E-state index < -0.39 is 86.3 Å². The van der Waals surface area contributed by atoms with E-state index in [4.69, 9.17) is 14.2 Å². The number of nitrogens with one attached hydrogen (secondary N) is 2. The van der Waals surface area contributed by atoms with Crippen molar-refractivity contribution in [3.63, 3.8) is 0 Å². The van der Waals surface area contributed by atoms with E-state index >= 15 is 0 Å². The van der Waals surface area contributed by atoms with Gasteiger partial charge in [-0.15, -0.1) is 0 Å². The summed E-state index contributed by atoms with van der Waals surface area (Å²) in [5, 5.41) is 64.5. The van der Waals surface area contributed by atoms with Crippen LogP contribution in [0.4, 0.5) is 0 Å². The van der Waals surface area contributed by atoms with Gasteiger partial charge in [0, 0.05) is 13.8 Å². The fraction of sp³-hybridized carbons (Fsp3) is 0.875. The van der Waals surface area contributed by atoms with Crippen molar-refractivity contribution >= 4 is 11.8 Å². The van der Waals surface area contributed by atoms with Gasteiger partial charge in [0.25, 0.3) is 0 Å². The number of aliphatic hydroxyl groups excluding tert-OH is 6. The predicted molar refractivity (Wildman–Crippen MR) is 91.8 cm³/mol. The molecule has 13 heteroatoms. The molecule has 0 unspecified atom stereocenters. The number of amides is 2. The Labute approximate surface area is 166 Å². The summed E-state index contributed by atoms with van der Waals surface area (Å²) in [6.45, 7) is 0.962. The van der Waals surface area contributed by atoms with E-state index in [-0.39, 0.29) is 0 Å². The molecule has 0 saturated carbocycles. The smallest absolute Gasteiger partial charge is 0.217 e. The number of hydrogen-bond acceptors (Lipinski definition) is 11. The van der Waals surface area contributed by atoms with Crippen LogP contribution in [0.1, 0.15) is 13.8 Å². The molecule has 0 aromatic heterocycles. The maximum Gasteiger partial charge on any atom is 0.217 e. The molecular formula is C16H28N2O11. The van der Waals surface area contributed by atoms with E-state index in [1.807, 2.05) is 0 Å². The zero-order chi connectivity index (χ0) is 21.9. The number of rotatable bonds is 6. The van der Waals surface area contributed by atoms with Crippen molar-refractivity contribution in [2.24, 2.45) is 0 Å². The maximum atomic E-state index is 11.5. The van der Waals surface area contributed by atoms with Crippen LogP contribution in [-0.4, -0.2) is 117 Å². The summed E-state index contributed by atoms with van der Waals surface area (Å²) in [7, 11) is 0. The van der Waals surface area contributed by atoms with Gasteiger partial charge >= 0.3 is 0 Å². The van der Waals surface area contributed by atoms with Crippen molar-refractivity contribution in [3.05, 3.63) is 0 Å². The Balaban J connectivity index is 2.26. The minimum Gasteiger partial charge on any atom is -0.394 e. The van der Waals surface area contributed by atoms with Crippen LogP contribution >= 0.6 is 0 Å². The van der Waals surface area contributed by atoms with E-state index in [0.717, 1.165) is 13.8 Å². The lowest BCUT2D eigenvalue weighted by Gasteiger charge is -2.47. The van der Waals surface area contributed by atoms with E-state index in [9.17, 15) is 40.2 Å². The molecule has 2 aliphatic rings. The molecule has 2 rings (SSSR count). The predicted octanol–water partition coefficient (Wildman–Crippen LogP) is -5.11. The van der Waals surface area contributed by atoms with Crippen LogP contribution in [0.15, 0.2) is 0 Å². The van der Waals surface area contributed by atoms with Crippen LogP contribution in [0.5, 0.6) is 0 Å². The summed E-state index contributed by atoms with van der Waals surface area (Å²) in [5.74, 6) is -1.14. The van der Waals surface area contributed by atoms with Crippen molar-refractivity contribution in [3.8, 4) is 0 Å². The van der Waals surface area contributed by atoms with Crippen molar-refractivity contribution in [2.45, 2.75) is 75.1 Å². The van der Waals surface area contributed by atoms with Crippen LogP contribution in [0.25, 0.3) is 0 Å². The third kappa shape index (κ3) is 5.39. The summed E-state index contributed by atoms with van der Waals surface area (Å²) >= 11 is 0. The first-order chi connectivity index (χ1) is 13.6. The summed E-state index contributed by atoms with van der Waals surface area (Å²) < 4.78 is 16.3. The highest BCUT2D eigenvalue weighted by Gasteiger charge is 2.51. The Kier molecular flexibility index (Phi) is 8.28. The largest absolute Gasteiger partial charge is 0.394 e. The standard InChI is InChI=1S/C16H28N2O11/c1-5(21)17-9-13(25)14(8(4-20)27-15(9)26)29-16-10(18-6(2)22)12(24)11(23)7(3-19)28-16/h7-16,19-20,23-26H,3-4H2,1-2H3,(H,17,21)(H,18,22)/t7-,8-,9-,10-,11-,12-,13-,14-,15+,16+/m1/s1. The SMILES string of the molecule is CC(=O)N[C@@H]1[C@@H](O)[C@H](O[C@@H]2O[C@H](CO)[C@@H](O)[C@H](O)[C@H]2NC(C)=O)[C@@H](CO)O[C@@H]1O. The van der Waals surface area contributed by atoms with Crippen LogP contribution in [-0.2, 0) is 23.8 Å². The van der Waals surface area contributed by atoms with Gasteiger partial charge in [-0.2, -0.15) is 0 Å². The molecule has 2 amide bonds. The molecule has 0 bridgehead atoms. The normalized spacial score (nSPS) is 42.9. The first-order valence-electron chi connectivity index (χ1n) is 9.05. The number of carbonyl (C=O) groups excluding carboxylic acids is 2. The molecule has 168 valence electrons. The van der Waals surface area contributed by atoms with Crippen LogP contribution in [0, 0.1) is 0 Å². The van der Waals surface area contributed by atoms with E-state index in [1.165, 1.54) is 0 Å². The van der Waals surface area contributed by atoms with Gasteiger partial charge in [-0.1, -0.05) is 0 Å². The van der Waals surface area contributed by atoms with Crippen molar-refractivity contribution < 1.29 is 54.4 Å². The lowest BCUT2D eigenvalue weighted by atomic mass is 9.94. The first-order valence-corrected chi connectivity index (χ1v) is 9.05. The van der Waals surface area contributed by atoms with Crippen molar-refractivity contribution in [1.82, 2.24) is 10.6 Å². The molecule has 0 spiro atoms. The van der Waals surface area contributed by atoms with Gasteiger partial charge in [0.05, 0.1) is 13.2 Å². The quantitative estimate of drug-likeness (QED) is 0.202. The van der Waals surface area contributed by atoms with Gasteiger partial charge in [-0.05, 0) is 0 Å². The summed E-state index contributed by atoms with van der Waals surface area (Å²) in [6, 6.07) is -2.59.